The van der Waals surface area contributed by atoms with E-state index in [0.29, 0.717) is 21.2 Å². The second-order valence-corrected chi connectivity index (χ2v) is 7.60. The van der Waals surface area contributed by atoms with Crippen LogP contribution in [0.1, 0.15) is 30.9 Å². The van der Waals surface area contributed by atoms with Crippen LogP contribution >= 0.6 is 11.3 Å². The first-order chi connectivity index (χ1) is 13.0. The van der Waals surface area contributed by atoms with Crippen LogP contribution in [0.15, 0.2) is 53.3 Å². The average molecular weight is 377 g/mol. The van der Waals surface area contributed by atoms with Gasteiger partial charge in [-0.2, -0.15) is 9.50 Å². The molecule has 5 nitrogen and oxygen atoms in total. The van der Waals surface area contributed by atoms with E-state index in [1.165, 1.54) is 21.4 Å². The molecule has 27 heavy (non-hydrogen) atoms. The van der Waals surface area contributed by atoms with Gasteiger partial charge in [-0.1, -0.05) is 49.4 Å². The second kappa shape index (κ2) is 6.96. The summed E-state index contributed by atoms with van der Waals surface area (Å²) in [5, 5.41) is 4.38. The van der Waals surface area contributed by atoms with Gasteiger partial charge in [-0.3, -0.25) is 4.79 Å². The summed E-state index contributed by atoms with van der Waals surface area (Å²) >= 11 is 1.35. The number of rotatable bonds is 4. The maximum Gasteiger partial charge on any atom is 0.291 e. The van der Waals surface area contributed by atoms with E-state index in [9.17, 15) is 4.79 Å². The van der Waals surface area contributed by atoms with Crippen LogP contribution in [0.5, 0.6) is 5.75 Å². The lowest BCUT2D eigenvalue weighted by Crippen LogP contribution is -2.23. The van der Waals surface area contributed by atoms with Gasteiger partial charge < -0.3 is 4.74 Å². The fourth-order valence-corrected chi connectivity index (χ4v) is 3.73. The predicted octanol–water partition coefficient (Wildman–Crippen LogP) is 3.50. The average Bonchev–Trinajstić information content (AvgIpc) is 3.22. The number of ether oxygens (including phenoxy) is 1. The molecule has 0 aliphatic heterocycles. The normalized spacial score (nSPS) is 12.2. The summed E-state index contributed by atoms with van der Waals surface area (Å²) in [4.78, 5) is 17.8. The van der Waals surface area contributed by atoms with E-state index in [1.54, 1.807) is 7.11 Å². The van der Waals surface area contributed by atoms with E-state index in [0.717, 1.165) is 16.9 Å². The lowest BCUT2D eigenvalue weighted by Gasteiger charge is -2.04. The third kappa shape index (κ3) is 3.36. The van der Waals surface area contributed by atoms with Crippen LogP contribution in [0.25, 0.3) is 22.4 Å². The van der Waals surface area contributed by atoms with E-state index in [1.807, 2.05) is 42.5 Å². The van der Waals surface area contributed by atoms with Crippen molar-refractivity contribution in [2.75, 3.05) is 7.11 Å². The highest BCUT2D eigenvalue weighted by Crippen LogP contribution is 2.20. The quantitative estimate of drug-likeness (QED) is 0.546. The third-order valence-corrected chi connectivity index (χ3v) is 5.39. The highest BCUT2D eigenvalue weighted by Gasteiger charge is 2.12. The first-order valence-corrected chi connectivity index (χ1v) is 9.52. The van der Waals surface area contributed by atoms with Gasteiger partial charge in [0.2, 0.25) is 4.96 Å². The van der Waals surface area contributed by atoms with Gasteiger partial charge in [-0.25, -0.2) is 0 Å². The fourth-order valence-electron chi connectivity index (χ4n) is 2.82. The molecule has 4 aromatic rings. The van der Waals surface area contributed by atoms with Crippen molar-refractivity contribution >= 4 is 22.4 Å². The summed E-state index contributed by atoms with van der Waals surface area (Å²) in [7, 11) is 1.62. The lowest BCUT2D eigenvalue weighted by atomic mass is 10.0. The molecule has 0 atom stereocenters. The molecular weight excluding hydrogens is 358 g/mol. The monoisotopic (exact) mass is 377 g/mol. The Hall–Kier alpha value is -2.99. The minimum atomic E-state index is -0.143. The van der Waals surface area contributed by atoms with Crippen molar-refractivity contribution in [3.8, 4) is 17.1 Å². The molecule has 6 heteroatoms. The van der Waals surface area contributed by atoms with Gasteiger partial charge in [0.1, 0.15) is 5.75 Å². The van der Waals surface area contributed by atoms with E-state index in [2.05, 4.69) is 36.1 Å². The number of benzene rings is 2. The first kappa shape index (κ1) is 17.4. The van der Waals surface area contributed by atoms with Crippen molar-refractivity contribution in [3.05, 3.63) is 74.5 Å². The summed E-state index contributed by atoms with van der Waals surface area (Å²) in [6, 6.07) is 15.7. The van der Waals surface area contributed by atoms with E-state index >= 15 is 0 Å². The number of thiazole rings is 1. The maximum absolute atomic E-state index is 12.7. The molecule has 0 bridgehead atoms. The van der Waals surface area contributed by atoms with Crippen LogP contribution in [-0.2, 0) is 0 Å². The fraction of sp³-hybridized carbons (Fsp3) is 0.190. The highest BCUT2D eigenvalue weighted by molar-refractivity contribution is 7.15. The summed E-state index contributed by atoms with van der Waals surface area (Å²) in [6.07, 6.45) is 1.89. The highest BCUT2D eigenvalue weighted by atomic mass is 32.1. The minimum Gasteiger partial charge on any atom is -0.497 e. The Bertz CT molecular complexity index is 1190. The molecule has 0 saturated heterocycles. The summed E-state index contributed by atoms with van der Waals surface area (Å²) < 4.78 is 7.16. The number of hydrogen-bond donors (Lipinski definition) is 0. The van der Waals surface area contributed by atoms with Gasteiger partial charge in [0.15, 0.2) is 5.82 Å². The molecule has 0 N–H and O–H groups in total. The summed E-state index contributed by atoms with van der Waals surface area (Å²) in [6.45, 7) is 4.32. The topological polar surface area (TPSA) is 56.5 Å². The van der Waals surface area contributed by atoms with E-state index in [-0.39, 0.29) is 5.56 Å². The van der Waals surface area contributed by atoms with Crippen LogP contribution in [0.4, 0.5) is 0 Å². The van der Waals surface area contributed by atoms with Gasteiger partial charge in [0, 0.05) is 5.56 Å². The second-order valence-electron chi connectivity index (χ2n) is 6.60. The molecule has 0 aliphatic rings. The molecule has 0 aliphatic carbocycles. The van der Waals surface area contributed by atoms with Crippen LogP contribution in [-0.4, -0.2) is 21.7 Å². The molecule has 0 radical (unpaired) electrons. The van der Waals surface area contributed by atoms with Crippen molar-refractivity contribution < 1.29 is 4.74 Å². The Morgan fingerprint density at radius 2 is 1.78 bits per heavy atom. The number of aromatic nitrogens is 3. The number of methoxy groups -OCH3 is 1. The van der Waals surface area contributed by atoms with E-state index in [4.69, 9.17) is 4.74 Å². The Kier molecular flexibility index (Phi) is 4.49. The van der Waals surface area contributed by atoms with Crippen molar-refractivity contribution in [1.29, 1.82) is 0 Å². The predicted molar refractivity (Wildman–Crippen MR) is 108 cm³/mol. The Labute approximate surface area is 160 Å². The third-order valence-electron chi connectivity index (χ3n) is 4.43. The Morgan fingerprint density at radius 3 is 2.37 bits per heavy atom. The van der Waals surface area contributed by atoms with Crippen LogP contribution in [0.2, 0.25) is 0 Å². The molecule has 4 rings (SSSR count). The largest absolute Gasteiger partial charge is 0.497 e. The number of fused-ring (bicyclic) bond motifs is 1. The molecule has 0 spiro atoms. The lowest BCUT2D eigenvalue weighted by molar-refractivity contribution is 0.415. The smallest absolute Gasteiger partial charge is 0.291 e. The molecule has 2 heterocycles. The summed E-state index contributed by atoms with van der Waals surface area (Å²) in [5.74, 6) is 1.79. The van der Waals surface area contributed by atoms with Gasteiger partial charge in [-0.15, -0.1) is 5.10 Å². The standard InChI is InChI=1S/C21H19N3O2S/c1-13(2)15-6-4-14(5-7-15)12-18-20(25)24-21(27-18)22-19(23-24)16-8-10-17(26-3)11-9-16/h4-13H,1-3H3/b18-12+. The van der Waals surface area contributed by atoms with Crippen molar-refractivity contribution in [2.24, 2.45) is 0 Å². The van der Waals surface area contributed by atoms with E-state index < -0.39 is 0 Å². The van der Waals surface area contributed by atoms with Gasteiger partial charge in [-0.05, 0) is 47.4 Å². The Balaban J connectivity index is 1.70. The molecule has 0 fully saturated rings. The van der Waals surface area contributed by atoms with Crippen LogP contribution in [0.3, 0.4) is 0 Å². The first-order valence-electron chi connectivity index (χ1n) is 8.71. The van der Waals surface area contributed by atoms with Crippen molar-refractivity contribution in [3.63, 3.8) is 0 Å². The minimum absolute atomic E-state index is 0.143. The SMILES string of the molecule is COc1ccc(-c2nc3s/c(=C/c4ccc(C(C)C)cc4)c(=O)n3n2)cc1. The molecule has 0 unspecified atom stereocenters. The zero-order valence-electron chi connectivity index (χ0n) is 15.3. The molecule has 0 amide bonds. The molecular formula is C21H19N3O2S. The molecule has 2 aromatic heterocycles. The maximum atomic E-state index is 12.7. The number of hydrogen-bond acceptors (Lipinski definition) is 5. The van der Waals surface area contributed by atoms with Gasteiger partial charge >= 0.3 is 0 Å². The van der Waals surface area contributed by atoms with Crippen molar-refractivity contribution in [1.82, 2.24) is 14.6 Å². The zero-order chi connectivity index (χ0) is 19.0. The van der Waals surface area contributed by atoms with Crippen LogP contribution in [0, 0.1) is 0 Å². The molecule has 2 aromatic carbocycles. The number of nitrogens with zero attached hydrogens (tertiary/aromatic N) is 3. The Morgan fingerprint density at radius 1 is 1.07 bits per heavy atom. The van der Waals surface area contributed by atoms with Crippen LogP contribution < -0.4 is 14.8 Å². The van der Waals surface area contributed by atoms with Gasteiger partial charge in [0.05, 0.1) is 11.6 Å². The molecule has 136 valence electrons. The van der Waals surface area contributed by atoms with Gasteiger partial charge in [0.25, 0.3) is 5.56 Å². The summed E-state index contributed by atoms with van der Waals surface area (Å²) in [5.41, 5.74) is 2.98. The molecule has 0 saturated carbocycles. The van der Waals surface area contributed by atoms with Crippen molar-refractivity contribution in [2.45, 2.75) is 19.8 Å². The zero-order valence-corrected chi connectivity index (χ0v) is 16.2.